The summed E-state index contributed by atoms with van der Waals surface area (Å²) in [5, 5.41) is 7.17. The molecule has 1 amide bonds. The smallest absolute Gasteiger partial charge is 0.257 e. The molecule has 2 saturated carbocycles. The average molecular weight is 290 g/mol. The Balaban J connectivity index is 1.70. The van der Waals surface area contributed by atoms with Gasteiger partial charge in [0.1, 0.15) is 5.56 Å². The summed E-state index contributed by atoms with van der Waals surface area (Å²) in [7, 11) is 0. The lowest BCUT2D eigenvalue weighted by Crippen LogP contribution is -2.40. The lowest BCUT2D eigenvalue weighted by Gasteiger charge is -2.28. The van der Waals surface area contributed by atoms with Crippen LogP contribution in [0.4, 0.5) is 0 Å². The van der Waals surface area contributed by atoms with E-state index in [1.165, 1.54) is 25.7 Å². The third-order valence-corrected chi connectivity index (χ3v) is 5.43. The van der Waals surface area contributed by atoms with E-state index in [0.29, 0.717) is 22.9 Å². The zero-order chi connectivity index (χ0) is 15.1. The Labute approximate surface area is 126 Å². The van der Waals surface area contributed by atoms with Crippen LogP contribution in [0.1, 0.15) is 74.2 Å². The van der Waals surface area contributed by atoms with Crippen molar-refractivity contribution in [3.8, 4) is 0 Å². The molecule has 0 saturated heterocycles. The molecule has 2 fully saturated rings. The molecule has 1 aromatic heterocycles. The fraction of sp³-hybridized carbons (Fsp3) is 0.765. The monoisotopic (exact) mass is 290 g/mol. The molecule has 0 aromatic carbocycles. The molecule has 0 spiro atoms. The van der Waals surface area contributed by atoms with E-state index < -0.39 is 0 Å². The highest BCUT2D eigenvalue weighted by atomic mass is 16.5. The molecule has 1 heterocycles. The van der Waals surface area contributed by atoms with Crippen molar-refractivity contribution < 1.29 is 9.32 Å². The molecule has 21 heavy (non-hydrogen) atoms. The number of aryl methyl sites for hydroxylation is 1. The largest absolute Gasteiger partial charge is 0.360 e. The molecule has 1 aromatic rings. The number of hydrogen-bond acceptors (Lipinski definition) is 3. The predicted octanol–water partition coefficient (Wildman–Crippen LogP) is 3.66. The van der Waals surface area contributed by atoms with Gasteiger partial charge in [0.25, 0.3) is 5.91 Å². The van der Waals surface area contributed by atoms with E-state index >= 15 is 0 Å². The van der Waals surface area contributed by atoms with Crippen LogP contribution in [0.25, 0.3) is 0 Å². The van der Waals surface area contributed by atoms with Gasteiger partial charge in [0.2, 0.25) is 0 Å². The van der Waals surface area contributed by atoms with Crippen molar-refractivity contribution >= 4 is 5.91 Å². The van der Waals surface area contributed by atoms with Crippen molar-refractivity contribution in [1.82, 2.24) is 10.5 Å². The van der Waals surface area contributed by atoms with Crippen molar-refractivity contribution in [1.29, 1.82) is 0 Å². The maximum absolute atomic E-state index is 12.6. The van der Waals surface area contributed by atoms with Crippen molar-refractivity contribution in [3.63, 3.8) is 0 Å². The summed E-state index contributed by atoms with van der Waals surface area (Å²) in [4.78, 5) is 12.6. The van der Waals surface area contributed by atoms with E-state index in [1.54, 1.807) is 0 Å². The molecule has 2 aliphatic carbocycles. The Morgan fingerprint density at radius 3 is 2.62 bits per heavy atom. The number of amides is 1. The number of aromatic nitrogens is 1. The van der Waals surface area contributed by atoms with Crippen molar-refractivity contribution in [2.24, 2.45) is 17.8 Å². The van der Waals surface area contributed by atoms with Crippen LogP contribution in [0.15, 0.2) is 4.52 Å². The summed E-state index contributed by atoms with van der Waals surface area (Å²) in [6.07, 6.45) is 5.39. The van der Waals surface area contributed by atoms with E-state index in [9.17, 15) is 4.79 Å². The molecule has 1 N–H and O–H groups in total. The SMILES string of the molecule is Cc1noc(C(C)C)c1C(=O)NC(C)C1CC2CCC1C2. The molecule has 4 atom stereocenters. The van der Waals surface area contributed by atoms with Gasteiger partial charge in [-0.05, 0) is 50.9 Å². The van der Waals surface area contributed by atoms with Crippen LogP contribution >= 0.6 is 0 Å². The molecule has 116 valence electrons. The number of carbonyl (C=O) groups is 1. The van der Waals surface area contributed by atoms with Gasteiger partial charge in [0, 0.05) is 12.0 Å². The maximum Gasteiger partial charge on any atom is 0.257 e. The molecule has 0 aliphatic heterocycles. The fourth-order valence-corrected chi connectivity index (χ4v) is 4.35. The van der Waals surface area contributed by atoms with Gasteiger partial charge in [-0.25, -0.2) is 0 Å². The van der Waals surface area contributed by atoms with E-state index in [1.807, 2.05) is 20.8 Å². The van der Waals surface area contributed by atoms with Crippen LogP contribution in [0, 0.1) is 24.7 Å². The first-order valence-electron chi connectivity index (χ1n) is 8.24. The summed E-state index contributed by atoms with van der Waals surface area (Å²) < 4.78 is 5.32. The molecule has 4 unspecified atom stereocenters. The first-order valence-corrected chi connectivity index (χ1v) is 8.24. The number of hydrogen-bond donors (Lipinski definition) is 1. The number of nitrogens with one attached hydrogen (secondary N) is 1. The van der Waals surface area contributed by atoms with E-state index in [2.05, 4.69) is 17.4 Å². The van der Waals surface area contributed by atoms with Gasteiger partial charge in [0.15, 0.2) is 5.76 Å². The first kappa shape index (κ1) is 14.6. The lowest BCUT2D eigenvalue weighted by atomic mass is 9.84. The Bertz CT molecular complexity index is 535. The Hall–Kier alpha value is -1.32. The first-order chi connectivity index (χ1) is 9.97. The number of nitrogens with zero attached hydrogens (tertiary/aromatic N) is 1. The van der Waals surface area contributed by atoms with Crippen LogP contribution in [0.5, 0.6) is 0 Å². The molecule has 4 heteroatoms. The second kappa shape index (κ2) is 5.47. The van der Waals surface area contributed by atoms with Crippen LogP contribution in [0.3, 0.4) is 0 Å². The van der Waals surface area contributed by atoms with Crippen molar-refractivity contribution in [3.05, 3.63) is 17.0 Å². The standard InChI is InChI=1S/C17H26N2O2/c1-9(2)16-15(11(4)19-21-16)17(20)18-10(3)14-8-12-5-6-13(14)7-12/h9-10,12-14H,5-8H2,1-4H3,(H,18,20). The zero-order valence-electron chi connectivity index (χ0n) is 13.5. The minimum Gasteiger partial charge on any atom is -0.360 e. The van der Waals surface area contributed by atoms with Crippen LogP contribution in [-0.4, -0.2) is 17.1 Å². The Kier molecular flexibility index (Phi) is 3.80. The van der Waals surface area contributed by atoms with Crippen molar-refractivity contribution in [2.75, 3.05) is 0 Å². The number of carbonyl (C=O) groups excluding carboxylic acids is 1. The van der Waals surface area contributed by atoms with Crippen LogP contribution in [-0.2, 0) is 0 Å². The second-order valence-corrected chi connectivity index (χ2v) is 7.26. The molecule has 0 radical (unpaired) electrons. The van der Waals surface area contributed by atoms with Crippen LogP contribution < -0.4 is 5.32 Å². The summed E-state index contributed by atoms with van der Waals surface area (Å²) in [5.74, 6) is 3.22. The fourth-order valence-electron chi connectivity index (χ4n) is 4.35. The highest BCUT2D eigenvalue weighted by Crippen LogP contribution is 2.49. The van der Waals surface area contributed by atoms with E-state index in [0.717, 1.165) is 11.8 Å². The molecular weight excluding hydrogens is 264 g/mol. The number of rotatable bonds is 4. The normalized spacial score (nSPS) is 29.1. The predicted molar refractivity (Wildman–Crippen MR) is 81.2 cm³/mol. The summed E-state index contributed by atoms with van der Waals surface area (Å²) >= 11 is 0. The molecule has 3 rings (SSSR count). The zero-order valence-corrected chi connectivity index (χ0v) is 13.5. The highest BCUT2D eigenvalue weighted by Gasteiger charge is 2.42. The third-order valence-electron chi connectivity index (χ3n) is 5.43. The van der Waals surface area contributed by atoms with Crippen molar-refractivity contribution in [2.45, 2.75) is 65.3 Å². The second-order valence-electron chi connectivity index (χ2n) is 7.26. The minimum absolute atomic E-state index is 0.0206. The van der Waals surface area contributed by atoms with Gasteiger partial charge >= 0.3 is 0 Å². The Morgan fingerprint density at radius 2 is 2.05 bits per heavy atom. The van der Waals surface area contributed by atoms with E-state index in [4.69, 9.17) is 4.52 Å². The highest BCUT2D eigenvalue weighted by molar-refractivity contribution is 5.96. The number of fused-ring (bicyclic) bond motifs is 2. The molecule has 2 bridgehead atoms. The maximum atomic E-state index is 12.6. The third kappa shape index (κ3) is 2.60. The lowest BCUT2D eigenvalue weighted by molar-refractivity contribution is 0.0912. The van der Waals surface area contributed by atoms with Gasteiger partial charge in [0.05, 0.1) is 5.69 Å². The summed E-state index contributed by atoms with van der Waals surface area (Å²) in [5.41, 5.74) is 1.33. The summed E-state index contributed by atoms with van der Waals surface area (Å²) in [6.45, 7) is 8.04. The van der Waals surface area contributed by atoms with Gasteiger partial charge < -0.3 is 9.84 Å². The molecule has 4 nitrogen and oxygen atoms in total. The average Bonchev–Trinajstić information content (AvgIpc) is 3.12. The van der Waals surface area contributed by atoms with Gasteiger partial charge in [-0.1, -0.05) is 25.4 Å². The van der Waals surface area contributed by atoms with Gasteiger partial charge in [-0.3, -0.25) is 4.79 Å². The summed E-state index contributed by atoms with van der Waals surface area (Å²) in [6, 6.07) is 0.238. The minimum atomic E-state index is -0.0206. The van der Waals surface area contributed by atoms with Gasteiger partial charge in [-0.2, -0.15) is 0 Å². The topological polar surface area (TPSA) is 55.1 Å². The Morgan fingerprint density at radius 1 is 1.29 bits per heavy atom. The van der Waals surface area contributed by atoms with E-state index in [-0.39, 0.29) is 17.9 Å². The van der Waals surface area contributed by atoms with Gasteiger partial charge in [-0.15, -0.1) is 0 Å². The quantitative estimate of drug-likeness (QED) is 0.920. The molecule has 2 aliphatic rings. The molecular formula is C17H26N2O2. The van der Waals surface area contributed by atoms with Crippen LogP contribution in [0.2, 0.25) is 0 Å².